The summed E-state index contributed by atoms with van der Waals surface area (Å²) in [7, 11) is 0. The van der Waals surface area contributed by atoms with Crippen LogP contribution in [0.1, 0.15) is 113 Å². The SMILES string of the molecule is CC.CC/C=C\C/C=C\C/C=C\C/C=C\C/C=C\CCCC(=O)OCC(C)(C)[C@@H](O)C(=O)NCCC(=O)NCCSC.CCC. The number of nitrogens with one attached hydrogen (secondary N) is 2. The average molecular weight is 651 g/mol. The molecule has 7 nitrogen and oxygen atoms in total. The number of hydrogen-bond acceptors (Lipinski definition) is 6. The van der Waals surface area contributed by atoms with Crippen molar-refractivity contribution >= 4 is 29.5 Å². The van der Waals surface area contributed by atoms with E-state index in [1.807, 2.05) is 20.1 Å². The molecule has 0 heterocycles. The minimum absolute atomic E-state index is 0.0722. The van der Waals surface area contributed by atoms with Crippen molar-refractivity contribution in [3.63, 3.8) is 0 Å². The number of aliphatic hydroxyl groups excluding tert-OH is 1. The normalized spacial score (nSPS) is 12.3. The maximum atomic E-state index is 12.3. The molecule has 0 aliphatic carbocycles. The van der Waals surface area contributed by atoms with Gasteiger partial charge in [0.05, 0.1) is 6.61 Å². The highest BCUT2D eigenvalue weighted by Crippen LogP contribution is 2.22. The van der Waals surface area contributed by atoms with Gasteiger partial charge in [0.2, 0.25) is 11.8 Å². The van der Waals surface area contributed by atoms with E-state index in [1.54, 1.807) is 25.6 Å². The first-order chi connectivity index (χ1) is 21.7. The quantitative estimate of drug-likeness (QED) is 0.0584. The molecule has 0 aliphatic rings. The predicted molar refractivity (Wildman–Crippen MR) is 195 cm³/mol. The van der Waals surface area contributed by atoms with Crippen LogP contribution in [0.15, 0.2) is 60.8 Å². The Hall–Kier alpha value is -2.58. The van der Waals surface area contributed by atoms with Gasteiger partial charge in [-0.3, -0.25) is 14.4 Å². The number of esters is 1. The van der Waals surface area contributed by atoms with Crippen molar-refractivity contribution in [2.75, 3.05) is 31.7 Å². The number of carbonyl (C=O) groups is 3. The fraction of sp³-hybridized carbons (Fsp3) is 0.649. The zero-order valence-electron chi connectivity index (χ0n) is 29.7. The topological polar surface area (TPSA) is 105 Å². The monoisotopic (exact) mass is 650 g/mol. The van der Waals surface area contributed by atoms with Crippen LogP contribution >= 0.6 is 11.8 Å². The molecule has 0 rings (SSSR count). The third-order valence-electron chi connectivity index (χ3n) is 5.78. The molecule has 260 valence electrons. The van der Waals surface area contributed by atoms with Crippen LogP contribution in [0, 0.1) is 5.41 Å². The van der Waals surface area contributed by atoms with E-state index in [0.717, 1.165) is 44.3 Å². The van der Waals surface area contributed by atoms with E-state index < -0.39 is 17.4 Å². The summed E-state index contributed by atoms with van der Waals surface area (Å²) < 4.78 is 5.31. The summed E-state index contributed by atoms with van der Waals surface area (Å²) in [6.07, 6.45) is 30.0. The van der Waals surface area contributed by atoms with Gasteiger partial charge in [-0.15, -0.1) is 0 Å². The Morgan fingerprint density at radius 3 is 1.76 bits per heavy atom. The molecule has 8 heteroatoms. The molecule has 45 heavy (non-hydrogen) atoms. The van der Waals surface area contributed by atoms with Crippen molar-refractivity contribution in [3.05, 3.63) is 60.8 Å². The molecule has 0 aromatic heterocycles. The molecule has 0 aromatic carbocycles. The largest absolute Gasteiger partial charge is 0.465 e. The minimum Gasteiger partial charge on any atom is -0.465 e. The lowest BCUT2D eigenvalue weighted by Crippen LogP contribution is -2.47. The van der Waals surface area contributed by atoms with Gasteiger partial charge in [0, 0.05) is 37.1 Å². The van der Waals surface area contributed by atoms with Crippen LogP contribution in [-0.2, 0) is 19.1 Å². The average Bonchev–Trinajstić information content (AvgIpc) is 3.02. The summed E-state index contributed by atoms with van der Waals surface area (Å²) in [6, 6.07) is 0. The lowest BCUT2D eigenvalue weighted by molar-refractivity contribution is -0.153. The van der Waals surface area contributed by atoms with Gasteiger partial charge in [-0.25, -0.2) is 0 Å². The first-order valence-corrected chi connectivity index (χ1v) is 18.2. The zero-order valence-corrected chi connectivity index (χ0v) is 30.6. The van der Waals surface area contributed by atoms with Gasteiger partial charge in [-0.2, -0.15) is 11.8 Å². The Bertz CT molecular complexity index is 863. The molecule has 0 fully saturated rings. The van der Waals surface area contributed by atoms with E-state index >= 15 is 0 Å². The number of unbranched alkanes of at least 4 members (excludes halogenated alkanes) is 1. The standard InChI is InChI=1S/C32H52N2O5S.C3H8.C2H6/c1-5-6-7-8-9-10-11-12-13-14-15-16-17-18-19-20-21-22-29(36)39-27-32(2,3)30(37)31(38)34-24-23-28(35)33-25-26-40-4;1-3-2;1-2/h6-7,9-10,12-13,15-16,18-19,30,37H,5,8,11,14,17,20-27H2,1-4H3,(H,33,35)(H,34,38);3H2,1-2H3;1-2H3/b7-6-,10-9-,13-12-,16-15-,19-18-;;/t30-;;/m0../s1. The summed E-state index contributed by atoms with van der Waals surface area (Å²) in [5.74, 6) is -0.263. The third-order valence-corrected chi connectivity index (χ3v) is 6.40. The molecule has 0 bridgehead atoms. The Kier molecular flexibility index (Phi) is 37.4. The lowest BCUT2D eigenvalue weighted by atomic mass is 9.87. The molecule has 0 saturated heterocycles. The highest BCUT2D eigenvalue weighted by Gasteiger charge is 2.34. The number of amides is 2. The first-order valence-electron chi connectivity index (χ1n) is 16.8. The van der Waals surface area contributed by atoms with E-state index in [9.17, 15) is 19.5 Å². The van der Waals surface area contributed by atoms with Crippen molar-refractivity contribution in [1.82, 2.24) is 10.6 Å². The van der Waals surface area contributed by atoms with Crippen LogP contribution in [0.5, 0.6) is 0 Å². The van der Waals surface area contributed by atoms with Crippen LogP contribution < -0.4 is 10.6 Å². The molecule has 0 unspecified atom stereocenters. The second-order valence-corrected chi connectivity index (χ2v) is 11.7. The number of carbonyl (C=O) groups excluding carboxylic acids is 3. The minimum atomic E-state index is -1.36. The second kappa shape index (κ2) is 35.9. The molecular formula is C37H66N2O5S. The summed E-state index contributed by atoms with van der Waals surface area (Å²) in [4.78, 5) is 36.1. The van der Waals surface area contributed by atoms with Gasteiger partial charge in [0.15, 0.2) is 0 Å². The molecule has 0 saturated carbocycles. The summed E-state index contributed by atoms with van der Waals surface area (Å²) in [5.41, 5.74) is -0.954. The van der Waals surface area contributed by atoms with E-state index in [0.29, 0.717) is 13.0 Å². The summed E-state index contributed by atoms with van der Waals surface area (Å²) in [5, 5.41) is 15.7. The number of allylic oxidation sites excluding steroid dienone is 10. The number of ether oxygens (including phenoxy) is 1. The second-order valence-electron chi connectivity index (χ2n) is 10.7. The van der Waals surface area contributed by atoms with Crippen LogP contribution in [0.3, 0.4) is 0 Å². The van der Waals surface area contributed by atoms with Crippen molar-refractivity contribution in [1.29, 1.82) is 0 Å². The Labute approximate surface area is 280 Å². The van der Waals surface area contributed by atoms with Crippen molar-refractivity contribution in [2.45, 2.75) is 119 Å². The molecule has 0 spiro atoms. The van der Waals surface area contributed by atoms with Crippen LogP contribution in [0.25, 0.3) is 0 Å². The van der Waals surface area contributed by atoms with Crippen molar-refractivity contribution < 1.29 is 24.2 Å². The number of hydrogen-bond donors (Lipinski definition) is 3. The number of aliphatic hydroxyl groups is 1. The molecule has 0 aromatic rings. The van der Waals surface area contributed by atoms with Gasteiger partial charge >= 0.3 is 5.97 Å². The Balaban J connectivity index is -0.00000331. The van der Waals surface area contributed by atoms with Crippen molar-refractivity contribution in [3.8, 4) is 0 Å². The van der Waals surface area contributed by atoms with E-state index in [-0.39, 0.29) is 37.9 Å². The highest BCUT2D eigenvalue weighted by atomic mass is 32.2. The lowest BCUT2D eigenvalue weighted by Gasteiger charge is -2.29. The fourth-order valence-corrected chi connectivity index (χ4v) is 3.59. The summed E-state index contributed by atoms with van der Waals surface area (Å²) in [6.45, 7) is 14.4. The summed E-state index contributed by atoms with van der Waals surface area (Å²) >= 11 is 1.64. The maximum absolute atomic E-state index is 12.3. The smallest absolute Gasteiger partial charge is 0.305 e. The fourth-order valence-electron chi connectivity index (χ4n) is 3.28. The molecule has 1 atom stereocenters. The predicted octanol–water partition coefficient (Wildman–Crippen LogP) is 8.27. The molecule has 0 radical (unpaired) electrons. The number of thioether (sulfide) groups is 1. The Morgan fingerprint density at radius 2 is 1.27 bits per heavy atom. The molecule has 0 aliphatic heterocycles. The number of rotatable bonds is 23. The highest BCUT2D eigenvalue weighted by molar-refractivity contribution is 7.98. The first kappa shape index (κ1) is 46.8. The van der Waals surface area contributed by atoms with Gasteiger partial charge in [0.25, 0.3) is 0 Å². The van der Waals surface area contributed by atoms with Crippen LogP contribution in [-0.4, -0.2) is 60.7 Å². The zero-order chi connectivity index (χ0) is 34.6. The van der Waals surface area contributed by atoms with E-state index in [2.05, 4.69) is 92.2 Å². The van der Waals surface area contributed by atoms with Crippen LogP contribution in [0.4, 0.5) is 0 Å². The van der Waals surface area contributed by atoms with Gasteiger partial charge in [-0.05, 0) is 51.2 Å². The third kappa shape index (κ3) is 34.1. The van der Waals surface area contributed by atoms with Crippen molar-refractivity contribution in [2.24, 2.45) is 5.41 Å². The van der Waals surface area contributed by atoms with Crippen LogP contribution in [0.2, 0.25) is 0 Å². The molecule has 2 amide bonds. The maximum Gasteiger partial charge on any atom is 0.305 e. The van der Waals surface area contributed by atoms with Gasteiger partial charge in [0.1, 0.15) is 6.10 Å². The van der Waals surface area contributed by atoms with Gasteiger partial charge < -0.3 is 20.5 Å². The molecule has 3 N–H and O–H groups in total. The Morgan fingerprint density at radius 1 is 0.778 bits per heavy atom. The van der Waals surface area contributed by atoms with Gasteiger partial charge in [-0.1, -0.05) is 116 Å². The molecular weight excluding hydrogens is 584 g/mol. The van der Waals surface area contributed by atoms with E-state index in [1.165, 1.54) is 6.42 Å². The van der Waals surface area contributed by atoms with E-state index in [4.69, 9.17) is 4.74 Å².